The predicted molar refractivity (Wildman–Crippen MR) is 117 cm³/mol. The van der Waals surface area contributed by atoms with Crippen molar-refractivity contribution in [3.63, 3.8) is 0 Å². The van der Waals surface area contributed by atoms with Crippen LogP contribution in [0.15, 0.2) is 48.5 Å². The van der Waals surface area contributed by atoms with Gasteiger partial charge in [0.15, 0.2) is 11.6 Å². The highest BCUT2D eigenvalue weighted by Crippen LogP contribution is 2.39. The number of carbonyl (C=O) groups excluding carboxylic acids is 1. The predicted octanol–water partition coefficient (Wildman–Crippen LogP) is 5.18. The molecule has 3 aromatic rings. The van der Waals surface area contributed by atoms with Crippen molar-refractivity contribution in [3.05, 3.63) is 59.8 Å². The van der Waals surface area contributed by atoms with Crippen molar-refractivity contribution >= 4 is 17.3 Å². The number of Topliss-reactive ketones (excluding diaryl/α,β-unsaturated/α-hetero) is 1. The van der Waals surface area contributed by atoms with E-state index in [-0.39, 0.29) is 11.2 Å². The first-order valence-corrected chi connectivity index (χ1v) is 10.2. The summed E-state index contributed by atoms with van der Waals surface area (Å²) in [5.74, 6) is 2.30. The van der Waals surface area contributed by atoms with E-state index in [2.05, 4.69) is 19.2 Å². The quantitative estimate of drug-likeness (QED) is 0.612. The lowest BCUT2D eigenvalue weighted by Gasteiger charge is -2.29. The van der Waals surface area contributed by atoms with Gasteiger partial charge in [-0.1, -0.05) is 13.8 Å². The number of hydrogen-bond acceptors (Lipinski definition) is 5. The molecule has 0 bridgehead atoms. The first kappa shape index (κ1) is 20.0. The van der Waals surface area contributed by atoms with Gasteiger partial charge in [0.1, 0.15) is 11.5 Å². The summed E-state index contributed by atoms with van der Waals surface area (Å²) in [4.78, 5) is 13.1. The minimum absolute atomic E-state index is 0.106. The largest absolute Gasteiger partial charge is 0.497 e. The van der Waals surface area contributed by atoms with Crippen LogP contribution >= 0.6 is 0 Å². The Bertz CT molecular complexity index is 1050. The van der Waals surface area contributed by atoms with Crippen LogP contribution in [0.2, 0.25) is 0 Å². The van der Waals surface area contributed by atoms with Crippen LogP contribution < -0.4 is 14.8 Å². The van der Waals surface area contributed by atoms with E-state index in [0.717, 1.165) is 35.0 Å². The zero-order chi connectivity index (χ0) is 21.3. The molecule has 0 aliphatic heterocycles. The molecule has 1 aromatic heterocycles. The summed E-state index contributed by atoms with van der Waals surface area (Å²) in [6, 6.07) is 15.4. The molecule has 0 saturated carbocycles. The van der Waals surface area contributed by atoms with Gasteiger partial charge in [-0.05, 0) is 67.3 Å². The standard InChI is InChI=1S/C24H27N3O3/c1-5-30-19-10-6-16(7-11-19)25-23-22-20(14-24(2,3)15-21(22)28)27(26-23)17-8-12-18(29-4)13-9-17/h6-13H,5,14-15H2,1-4H3,(H,25,26). The number of aromatic nitrogens is 2. The van der Waals surface area contributed by atoms with Crippen molar-refractivity contribution in [1.82, 2.24) is 9.78 Å². The van der Waals surface area contributed by atoms with Gasteiger partial charge in [-0.2, -0.15) is 0 Å². The van der Waals surface area contributed by atoms with Crippen molar-refractivity contribution in [2.45, 2.75) is 33.6 Å². The molecule has 6 nitrogen and oxygen atoms in total. The van der Waals surface area contributed by atoms with Crippen molar-refractivity contribution in [1.29, 1.82) is 0 Å². The number of hydrogen-bond donors (Lipinski definition) is 1. The molecule has 4 rings (SSSR count). The monoisotopic (exact) mass is 405 g/mol. The highest BCUT2D eigenvalue weighted by atomic mass is 16.5. The summed E-state index contributed by atoms with van der Waals surface area (Å²) in [6.45, 7) is 6.83. The molecule has 0 spiro atoms. The summed E-state index contributed by atoms with van der Waals surface area (Å²) in [5.41, 5.74) is 3.27. The molecule has 0 amide bonds. The molecule has 2 aromatic carbocycles. The smallest absolute Gasteiger partial charge is 0.169 e. The van der Waals surface area contributed by atoms with Crippen LogP contribution in [0.4, 0.5) is 11.5 Å². The van der Waals surface area contributed by atoms with E-state index in [9.17, 15) is 4.79 Å². The molecule has 1 aliphatic carbocycles. The Labute approximate surface area is 176 Å². The van der Waals surface area contributed by atoms with Crippen LogP contribution in [0.3, 0.4) is 0 Å². The molecule has 1 heterocycles. The fourth-order valence-corrected chi connectivity index (χ4v) is 3.91. The zero-order valence-electron chi connectivity index (χ0n) is 17.9. The van der Waals surface area contributed by atoms with Crippen molar-refractivity contribution < 1.29 is 14.3 Å². The second-order valence-corrected chi connectivity index (χ2v) is 8.30. The Balaban J connectivity index is 1.75. The maximum atomic E-state index is 13.1. The first-order valence-electron chi connectivity index (χ1n) is 10.2. The number of methoxy groups -OCH3 is 1. The van der Waals surface area contributed by atoms with Gasteiger partial charge in [-0.25, -0.2) is 4.68 Å². The SMILES string of the molecule is CCOc1ccc(Nc2nn(-c3ccc(OC)cc3)c3c2C(=O)CC(C)(C)C3)cc1. The molecule has 30 heavy (non-hydrogen) atoms. The number of ketones is 1. The molecular weight excluding hydrogens is 378 g/mol. The summed E-state index contributed by atoms with van der Waals surface area (Å²) in [5, 5.41) is 8.14. The summed E-state index contributed by atoms with van der Waals surface area (Å²) in [7, 11) is 1.64. The maximum Gasteiger partial charge on any atom is 0.169 e. The highest BCUT2D eigenvalue weighted by Gasteiger charge is 2.36. The van der Waals surface area contributed by atoms with Gasteiger partial charge in [0.25, 0.3) is 0 Å². The van der Waals surface area contributed by atoms with Gasteiger partial charge in [-0.3, -0.25) is 4.79 Å². The molecule has 0 saturated heterocycles. The Morgan fingerprint density at radius 2 is 1.70 bits per heavy atom. The van der Waals surface area contributed by atoms with Crippen LogP contribution in [-0.4, -0.2) is 29.3 Å². The number of ether oxygens (including phenoxy) is 2. The topological polar surface area (TPSA) is 65.4 Å². The molecule has 1 N–H and O–H groups in total. The number of fused-ring (bicyclic) bond motifs is 1. The number of nitrogens with zero attached hydrogens (tertiary/aromatic N) is 2. The van der Waals surface area contributed by atoms with E-state index in [1.807, 2.05) is 60.1 Å². The van der Waals surface area contributed by atoms with E-state index in [4.69, 9.17) is 14.6 Å². The number of rotatable bonds is 6. The number of nitrogens with one attached hydrogen (secondary N) is 1. The van der Waals surface area contributed by atoms with Crippen molar-refractivity contribution in [3.8, 4) is 17.2 Å². The first-order chi connectivity index (χ1) is 14.4. The highest BCUT2D eigenvalue weighted by molar-refractivity contribution is 6.03. The third kappa shape index (κ3) is 3.90. The van der Waals surface area contributed by atoms with Crippen molar-refractivity contribution in [2.24, 2.45) is 5.41 Å². The Morgan fingerprint density at radius 1 is 1.03 bits per heavy atom. The van der Waals surface area contributed by atoms with Gasteiger partial charge in [0.05, 0.1) is 30.7 Å². The second kappa shape index (κ2) is 7.86. The number of benzene rings is 2. The van der Waals surface area contributed by atoms with Crippen LogP contribution in [-0.2, 0) is 6.42 Å². The van der Waals surface area contributed by atoms with Gasteiger partial charge >= 0.3 is 0 Å². The number of carbonyl (C=O) groups is 1. The zero-order valence-corrected chi connectivity index (χ0v) is 17.9. The fourth-order valence-electron chi connectivity index (χ4n) is 3.91. The maximum absolute atomic E-state index is 13.1. The van der Waals surface area contributed by atoms with Crippen molar-refractivity contribution in [2.75, 3.05) is 19.0 Å². The Hall–Kier alpha value is -3.28. The van der Waals surface area contributed by atoms with Crippen LogP contribution in [0.5, 0.6) is 11.5 Å². The van der Waals surface area contributed by atoms with E-state index in [0.29, 0.717) is 24.4 Å². The average Bonchev–Trinajstić information content (AvgIpc) is 3.07. The number of anilines is 2. The summed E-state index contributed by atoms with van der Waals surface area (Å²) < 4.78 is 12.7. The van der Waals surface area contributed by atoms with Crippen LogP contribution in [0.1, 0.15) is 43.2 Å². The van der Waals surface area contributed by atoms with E-state index < -0.39 is 0 Å². The van der Waals surface area contributed by atoms with E-state index in [1.165, 1.54) is 0 Å². The van der Waals surface area contributed by atoms with Gasteiger partial charge in [-0.15, -0.1) is 5.10 Å². The lowest BCUT2D eigenvalue weighted by Crippen LogP contribution is -2.28. The summed E-state index contributed by atoms with van der Waals surface area (Å²) >= 11 is 0. The lowest BCUT2D eigenvalue weighted by molar-refractivity contribution is 0.0912. The summed E-state index contributed by atoms with van der Waals surface area (Å²) in [6.07, 6.45) is 1.28. The molecular formula is C24H27N3O3. The average molecular weight is 405 g/mol. The molecule has 0 unspecified atom stereocenters. The van der Waals surface area contributed by atoms with Crippen LogP contribution in [0, 0.1) is 5.41 Å². The molecule has 0 atom stereocenters. The van der Waals surface area contributed by atoms with Gasteiger partial charge in [0, 0.05) is 12.1 Å². The van der Waals surface area contributed by atoms with E-state index in [1.54, 1.807) is 7.11 Å². The minimum Gasteiger partial charge on any atom is -0.497 e. The Kier molecular flexibility index (Phi) is 5.24. The van der Waals surface area contributed by atoms with Crippen LogP contribution in [0.25, 0.3) is 5.69 Å². The molecule has 6 heteroatoms. The molecule has 1 aliphatic rings. The second-order valence-electron chi connectivity index (χ2n) is 8.30. The fraction of sp³-hybridized carbons (Fsp3) is 0.333. The van der Waals surface area contributed by atoms with E-state index >= 15 is 0 Å². The normalized spacial score (nSPS) is 14.9. The molecule has 0 radical (unpaired) electrons. The molecule has 0 fully saturated rings. The Morgan fingerprint density at radius 3 is 2.33 bits per heavy atom. The van der Waals surface area contributed by atoms with Gasteiger partial charge < -0.3 is 14.8 Å². The minimum atomic E-state index is -0.106. The lowest BCUT2D eigenvalue weighted by atomic mass is 9.76. The molecule has 156 valence electrons. The third-order valence-corrected chi connectivity index (χ3v) is 5.29. The van der Waals surface area contributed by atoms with Gasteiger partial charge in [0.2, 0.25) is 0 Å². The third-order valence-electron chi connectivity index (χ3n) is 5.29.